The van der Waals surface area contributed by atoms with E-state index < -0.39 is 10.0 Å². The maximum atomic E-state index is 13.1. The average Bonchev–Trinajstić information content (AvgIpc) is 2.87. The van der Waals surface area contributed by atoms with Crippen LogP contribution in [0.25, 0.3) is 0 Å². The van der Waals surface area contributed by atoms with E-state index in [0.717, 1.165) is 25.9 Å². The number of benzene rings is 2. The van der Waals surface area contributed by atoms with Gasteiger partial charge in [-0.3, -0.25) is 9.69 Å². The Labute approximate surface area is 204 Å². The highest BCUT2D eigenvalue weighted by molar-refractivity contribution is 7.89. The number of sulfonamides is 1. The monoisotopic (exact) mass is 483 g/mol. The zero-order valence-corrected chi connectivity index (χ0v) is 21.0. The summed E-state index contributed by atoms with van der Waals surface area (Å²) in [5.74, 6) is 0.268. The van der Waals surface area contributed by atoms with Crippen molar-refractivity contribution in [3.05, 3.63) is 65.7 Å². The van der Waals surface area contributed by atoms with Gasteiger partial charge in [-0.25, -0.2) is 8.42 Å². The molecule has 4 rings (SSSR count). The first-order chi connectivity index (χ1) is 16.4. The van der Waals surface area contributed by atoms with Gasteiger partial charge in [0, 0.05) is 31.2 Å². The fourth-order valence-electron chi connectivity index (χ4n) is 5.13. The second kappa shape index (κ2) is 11.6. The van der Waals surface area contributed by atoms with Crippen LogP contribution >= 0.6 is 0 Å². The summed E-state index contributed by atoms with van der Waals surface area (Å²) in [6, 6.07) is 17.2. The third-order valence-electron chi connectivity index (χ3n) is 7.05. The van der Waals surface area contributed by atoms with E-state index >= 15 is 0 Å². The van der Waals surface area contributed by atoms with Crippen molar-refractivity contribution in [2.75, 3.05) is 39.3 Å². The fraction of sp³-hybridized carbons (Fsp3) is 0.519. The number of piperidine rings is 2. The lowest BCUT2D eigenvalue weighted by atomic mass is 10.0. The normalized spacial score (nSPS) is 21.3. The molecule has 2 unspecified atom stereocenters. The van der Waals surface area contributed by atoms with Crippen molar-refractivity contribution >= 4 is 15.8 Å². The molecule has 0 amide bonds. The highest BCUT2D eigenvalue weighted by atomic mass is 32.2. The van der Waals surface area contributed by atoms with Crippen molar-refractivity contribution in [3.63, 3.8) is 0 Å². The summed E-state index contributed by atoms with van der Waals surface area (Å²) in [7, 11) is -3.58. The number of rotatable bonds is 9. The largest absolute Gasteiger partial charge is 0.308 e. The molecule has 0 aromatic heterocycles. The van der Waals surface area contributed by atoms with Gasteiger partial charge in [0.05, 0.1) is 11.4 Å². The van der Waals surface area contributed by atoms with Crippen LogP contribution in [0.3, 0.4) is 0 Å². The standard InChI is InChI=1S/C27H37N3O3S/c1-22-10-9-17-30(21-22)34(32,33)25-14-8-13-24(18-25)27(31)20-28-19-26(23-11-4-2-5-12-23)29-15-6-3-7-16-29/h2,4-5,8,11-14,18,22,26,28H,3,6-7,9-10,15-17,19-21H2,1H3. The minimum absolute atomic E-state index is 0.0884. The molecule has 2 atom stereocenters. The van der Waals surface area contributed by atoms with E-state index in [-0.39, 0.29) is 23.3 Å². The van der Waals surface area contributed by atoms with Gasteiger partial charge in [0.1, 0.15) is 0 Å². The molecule has 2 aromatic carbocycles. The zero-order chi connectivity index (χ0) is 24.0. The quantitative estimate of drug-likeness (QED) is 0.544. The van der Waals surface area contributed by atoms with E-state index in [1.807, 2.05) is 6.07 Å². The third kappa shape index (κ3) is 6.13. The summed E-state index contributed by atoms with van der Waals surface area (Å²) in [6.45, 7) is 6.18. The Bertz CT molecular complexity index is 1050. The first-order valence-electron chi connectivity index (χ1n) is 12.6. The molecule has 2 aromatic rings. The highest BCUT2D eigenvalue weighted by Crippen LogP contribution is 2.25. The van der Waals surface area contributed by atoms with E-state index in [2.05, 4.69) is 41.4 Å². The SMILES string of the molecule is CC1CCCN(S(=O)(=O)c2cccc(C(=O)CNCC(c3ccccc3)N3CCCCC3)c2)C1. The molecular formula is C27H37N3O3S. The molecule has 7 heteroatoms. The Balaban J connectivity index is 1.40. The fourth-order valence-corrected chi connectivity index (χ4v) is 6.78. The predicted octanol–water partition coefficient (Wildman–Crippen LogP) is 4.11. The van der Waals surface area contributed by atoms with Gasteiger partial charge < -0.3 is 5.32 Å². The first-order valence-corrected chi connectivity index (χ1v) is 14.0. The number of nitrogens with zero attached hydrogens (tertiary/aromatic N) is 2. The van der Waals surface area contributed by atoms with Gasteiger partial charge >= 0.3 is 0 Å². The number of nitrogens with one attached hydrogen (secondary N) is 1. The van der Waals surface area contributed by atoms with Gasteiger partial charge in [0.2, 0.25) is 10.0 Å². The van der Waals surface area contributed by atoms with Gasteiger partial charge in [-0.15, -0.1) is 0 Å². The Morgan fingerprint density at radius 1 is 1.00 bits per heavy atom. The molecular weight excluding hydrogens is 446 g/mol. The van der Waals surface area contributed by atoms with Crippen LogP contribution in [0.1, 0.15) is 61.0 Å². The van der Waals surface area contributed by atoms with Crippen LogP contribution in [0.5, 0.6) is 0 Å². The molecule has 0 saturated carbocycles. The van der Waals surface area contributed by atoms with Crippen LogP contribution in [-0.4, -0.2) is 62.7 Å². The summed E-state index contributed by atoms with van der Waals surface area (Å²) in [6.07, 6.45) is 5.62. The van der Waals surface area contributed by atoms with Crippen molar-refractivity contribution in [1.82, 2.24) is 14.5 Å². The highest BCUT2D eigenvalue weighted by Gasteiger charge is 2.29. The minimum Gasteiger partial charge on any atom is -0.308 e. The summed E-state index contributed by atoms with van der Waals surface area (Å²) in [4.78, 5) is 15.7. The molecule has 2 aliphatic rings. The summed E-state index contributed by atoms with van der Waals surface area (Å²) in [5.41, 5.74) is 1.70. The molecule has 1 N–H and O–H groups in total. The molecule has 34 heavy (non-hydrogen) atoms. The van der Waals surface area contributed by atoms with E-state index in [9.17, 15) is 13.2 Å². The molecule has 0 bridgehead atoms. The van der Waals surface area contributed by atoms with E-state index in [1.165, 1.54) is 30.9 Å². The number of ketones is 1. The van der Waals surface area contributed by atoms with Crippen LogP contribution in [0.2, 0.25) is 0 Å². The number of carbonyl (C=O) groups excluding carboxylic acids is 1. The Morgan fingerprint density at radius 2 is 1.76 bits per heavy atom. The number of likely N-dealkylation sites (tertiary alicyclic amines) is 1. The van der Waals surface area contributed by atoms with Crippen LogP contribution in [0.4, 0.5) is 0 Å². The third-order valence-corrected chi connectivity index (χ3v) is 8.91. The molecule has 6 nitrogen and oxygen atoms in total. The van der Waals surface area contributed by atoms with Gasteiger partial charge in [-0.1, -0.05) is 55.8 Å². The number of hydrogen-bond donors (Lipinski definition) is 1. The van der Waals surface area contributed by atoms with Crippen LogP contribution in [-0.2, 0) is 10.0 Å². The smallest absolute Gasteiger partial charge is 0.243 e. The van der Waals surface area contributed by atoms with Gasteiger partial charge in [-0.2, -0.15) is 4.31 Å². The topological polar surface area (TPSA) is 69.7 Å². The summed E-state index contributed by atoms with van der Waals surface area (Å²) in [5, 5.41) is 3.36. The minimum atomic E-state index is -3.58. The van der Waals surface area contributed by atoms with E-state index in [4.69, 9.17) is 0 Å². The van der Waals surface area contributed by atoms with Gasteiger partial charge in [-0.05, 0) is 62.4 Å². The van der Waals surface area contributed by atoms with E-state index in [1.54, 1.807) is 22.5 Å². The predicted molar refractivity (Wildman–Crippen MR) is 135 cm³/mol. The van der Waals surface area contributed by atoms with E-state index in [0.29, 0.717) is 31.1 Å². The molecule has 2 saturated heterocycles. The first kappa shape index (κ1) is 25.0. The van der Waals surface area contributed by atoms with Crippen molar-refractivity contribution in [3.8, 4) is 0 Å². The molecule has 2 heterocycles. The second-order valence-corrected chi connectivity index (χ2v) is 11.7. The molecule has 0 spiro atoms. The maximum Gasteiger partial charge on any atom is 0.243 e. The summed E-state index contributed by atoms with van der Waals surface area (Å²) < 4.78 is 27.8. The van der Waals surface area contributed by atoms with Gasteiger partial charge in [0.25, 0.3) is 0 Å². The second-order valence-electron chi connectivity index (χ2n) is 9.72. The van der Waals surface area contributed by atoms with Crippen LogP contribution < -0.4 is 5.32 Å². The number of hydrogen-bond acceptors (Lipinski definition) is 5. The van der Waals surface area contributed by atoms with Crippen LogP contribution in [0.15, 0.2) is 59.5 Å². The Kier molecular flexibility index (Phi) is 8.53. The Morgan fingerprint density at radius 3 is 2.50 bits per heavy atom. The molecule has 0 radical (unpaired) electrons. The zero-order valence-electron chi connectivity index (χ0n) is 20.2. The van der Waals surface area contributed by atoms with Crippen LogP contribution in [0, 0.1) is 5.92 Å². The Hall–Kier alpha value is -2.06. The number of carbonyl (C=O) groups is 1. The lowest BCUT2D eigenvalue weighted by Gasteiger charge is -2.35. The van der Waals surface area contributed by atoms with Crippen molar-refractivity contribution in [2.45, 2.75) is 50.0 Å². The van der Waals surface area contributed by atoms with Crippen molar-refractivity contribution < 1.29 is 13.2 Å². The number of Topliss-reactive ketones (excluding diaryl/α,β-unsaturated/α-hetero) is 1. The van der Waals surface area contributed by atoms with Gasteiger partial charge in [0.15, 0.2) is 5.78 Å². The lowest BCUT2D eigenvalue weighted by molar-refractivity contribution is 0.0983. The lowest BCUT2D eigenvalue weighted by Crippen LogP contribution is -2.40. The maximum absolute atomic E-state index is 13.1. The molecule has 0 aliphatic carbocycles. The molecule has 184 valence electrons. The van der Waals surface area contributed by atoms with Crippen molar-refractivity contribution in [1.29, 1.82) is 0 Å². The molecule has 2 aliphatic heterocycles. The van der Waals surface area contributed by atoms with Crippen molar-refractivity contribution in [2.24, 2.45) is 5.92 Å². The molecule has 2 fully saturated rings. The average molecular weight is 484 g/mol. The summed E-state index contributed by atoms with van der Waals surface area (Å²) >= 11 is 0.